The van der Waals surface area contributed by atoms with Crippen molar-refractivity contribution in [2.45, 2.75) is 81.7 Å². The maximum atomic E-state index is 13.8. The van der Waals surface area contributed by atoms with E-state index in [1.807, 2.05) is 24.4 Å². The molecule has 16 heteroatoms. The Hall–Kier alpha value is -3.43. The Balaban J connectivity index is 1.34. The van der Waals surface area contributed by atoms with E-state index in [0.29, 0.717) is 18.0 Å². The number of imidazole rings is 1. The number of carbonyl (C=O) groups is 3. The molecular weight excluding hydrogens is 719 g/mol. The zero-order valence-electron chi connectivity index (χ0n) is 26.8. The molecule has 260 valence electrons. The lowest BCUT2D eigenvalue weighted by Crippen LogP contribution is -2.61. The molecular formula is C32H38BrClF3N7O4. The molecule has 1 aromatic carbocycles. The number of aliphatic imine (C=N–C) groups is 1. The fraction of sp³-hybridized carbons (Fsp3) is 0.531. The van der Waals surface area contributed by atoms with E-state index < -0.39 is 35.7 Å². The minimum atomic E-state index is -5.05. The fourth-order valence-corrected chi connectivity index (χ4v) is 6.87. The first-order chi connectivity index (χ1) is 22.6. The molecule has 1 aliphatic carbocycles. The van der Waals surface area contributed by atoms with Gasteiger partial charge in [-0.05, 0) is 75.3 Å². The predicted octanol–water partition coefficient (Wildman–Crippen LogP) is 5.64. The number of carbonyl (C=O) groups excluding carboxylic acids is 3. The van der Waals surface area contributed by atoms with E-state index in [2.05, 4.69) is 31.1 Å². The number of hydrogen-bond acceptors (Lipinski definition) is 7. The molecule has 3 amide bonds. The van der Waals surface area contributed by atoms with Crippen molar-refractivity contribution >= 4 is 57.6 Å². The Bertz CT molecular complexity index is 1610. The number of piperazine rings is 1. The third-order valence-electron chi connectivity index (χ3n) is 8.31. The maximum absolute atomic E-state index is 13.8. The summed E-state index contributed by atoms with van der Waals surface area (Å²) in [6.45, 7) is 6.51. The molecule has 3 atom stereocenters. The number of anilines is 1. The summed E-state index contributed by atoms with van der Waals surface area (Å²) in [6.07, 6.45) is 1.72. The summed E-state index contributed by atoms with van der Waals surface area (Å²) < 4.78 is 45.2. The number of nitrogens with one attached hydrogen (secondary N) is 2. The van der Waals surface area contributed by atoms with Gasteiger partial charge in [0, 0.05) is 56.4 Å². The molecule has 2 aromatic rings. The van der Waals surface area contributed by atoms with Gasteiger partial charge in [-0.2, -0.15) is 13.2 Å². The van der Waals surface area contributed by atoms with Crippen LogP contribution in [0.1, 0.15) is 57.2 Å². The number of rotatable bonds is 7. The highest BCUT2D eigenvalue weighted by Crippen LogP contribution is 2.42. The molecule has 1 fully saturated rings. The Kier molecular flexibility index (Phi) is 10.9. The summed E-state index contributed by atoms with van der Waals surface area (Å²) in [5, 5.41) is 5.29. The minimum Gasteiger partial charge on any atom is -0.444 e. The smallest absolute Gasteiger partial charge is 0.444 e. The van der Waals surface area contributed by atoms with Gasteiger partial charge < -0.3 is 14.6 Å². The second-order valence-corrected chi connectivity index (χ2v) is 14.6. The predicted molar refractivity (Wildman–Crippen MR) is 178 cm³/mol. The van der Waals surface area contributed by atoms with Gasteiger partial charge in [-0.25, -0.2) is 9.78 Å². The second kappa shape index (κ2) is 14.6. The van der Waals surface area contributed by atoms with Crippen molar-refractivity contribution in [2.75, 3.05) is 31.5 Å². The van der Waals surface area contributed by atoms with Gasteiger partial charge in [-0.15, -0.1) is 0 Å². The molecule has 2 unspecified atom stereocenters. The summed E-state index contributed by atoms with van der Waals surface area (Å²) in [5.41, 5.74) is 3.59. The number of allylic oxidation sites excluding steroid dienone is 1. The highest BCUT2D eigenvalue weighted by atomic mass is 79.9. The van der Waals surface area contributed by atoms with Crippen LogP contribution in [0.2, 0.25) is 5.02 Å². The zero-order chi connectivity index (χ0) is 34.8. The molecule has 2 aliphatic heterocycles. The molecule has 0 saturated carbocycles. The van der Waals surface area contributed by atoms with Gasteiger partial charge in [0.25, 0.3) is 0 Å². The molecule has 0 spiro atoms. The van der Waals surface area contributed by atoms with Gasteiger partial charge in [0.2, 0.25) is 11.9 Å². The molecule has 3 aliphatic rings. The average Bonchev–Trinajstić information content (AvgIpc) is 3.38. The van der Waals surface area contributed by atoms with Crippen molar-refractivity contribution in [3.05, 3.63) is 58.0 Å². The van der Waals surface area contributed by atoms with Crippen molar-refractivity contribution in [1.29, 1.82) is 0 Å². The highest BCUT2D eigenvalue weighted by molar-refractivity contribution is 9.10. The van der Waals surface area contributed by atoms with Crippen molar-refractivity contribution in [3.8, 4) is 0 Å². The van der Waals surface area contributed by atoms with Crippen LogP contribution in [0, 0.1) is 0 Å². The average molecular weight is 757 g/mol. The first-order valence-electron chi connectivity index (χ1n) is 15.7. The SMILES string of the molecule is CC(C)(C)OC(=O)N1CCN(C2C3=C(CCc4cc(Cl)ccc42)CC(Br)C=N3)C[C@@H]1C(=O)NCCCn1ccnc1NC(=O)C(F)(F)F. The number of nitrogens with zero attached hydrogens (tertiary/aromatic N) is 5. The quantitative estimate of drug-likeness (QED) is 0.279. The van der Waals surface area contributed by atoms with E-state index >= 15 is 0 Å². The topological polar surface area (TPSA) is 121 Å². The largest absolute Gasteiger partial charge is 0.471 e. The number of alkyl halides is 4. The number of hydrogen-bond donors (Lipinski definition) is 2. The van der Waals surface area contributed by atoms with Gasteiger partial charge in [0.05, 0.1) is 16.6 Å². The van der Waals surface area contributed by atoms with Gasteiger partial charge in [-0.3, -0.25) is 29.7 Å². The van der Waals surface area contributed by atoms with Crippen molar-refractivity contribution < 1.29 is 32.3 Å². The standard InChI is InChI=1S/C32H38BrClF3N7O4/c1-31(2,3)48-30(47)44-14-13-43(26-23-8-7-22(34)16-19(23)5-6-20-15-21(33)17-40-25(20)26)18-24(44)27(45)38-9-4-11-42-12-10-39-29(42)41-28(46)32(35,36)37/h7-8,10,12,16-17,21,24,26H,4-6,9,11,13-15,18H2,1-3H3,(H,38,45)(H,39,41,46)/t21?,24-,26?/m1/s1. The van der Waals surface area contributed by atoms with E-state index in [4.69, 9.17) is 21.3 Å². The van der Waals surface area contributed by atoms with Crippen LogP contribution in [0.3, 0.4) is 0 Å². The summed E-state index contributed by atoms with van der Waals surface area (Å²) in [4.78, 5) is 51.0. The van der Waals surface area contributed by atoms with Crippen LogP contribution in [0.4, 0.5) is 23.9 Å². The third-order valence-corrected chi connectivity index (χ3v) is 9.11. The molecule has 11 nitrogen and oxygen atoms in total. The molecule has 0 radical (unpaired) electrons. The summed E-state index contributed by atoms with van der Waals surface area (Å²) >= 11 is 10.1. The first kappa shape index (κ1) is 35.9. The van der Waals surface area contributed by atoms with Gasteiger partial charge in [0.15, 0.2) is 0 Å². The van der Waals surface area contributed by atoms with Crippen LogP contribution in [-0.4, -0.2) is 92.3 Å². The minimum absolute atomic E-state index is 0.128. The highest BCUT2D eigenvalue weighted by Gasteiger charge is 2.42. The molecule has 0 bridgehead atoms. The van der Waals surface area contributed by atoms with Crippen LogP contribution in [-0.2, 0) is 27.3 Å². The molecule has 1 aromatic heterocycles. The zero-order valence-corrected chi connectivity index (χ0v) is 29.2. The van der Waals surface area contributed by atoms with Crippen molar-refractivity contribution in [3.63, 3.8) is 0 Å². The van der Waals surface area contributed by atoms with Crippen LogP contribution >= 0.6 is 27.5 Å². The number of aromatic nitrogens is 2. The number of benzene rings is 1. The van der Waals surface area contributed by atoms with Crippen LogP contribution in [0.25, 0.3) is 0 Å². The van der Waals surface area contributed by atoms with Crippen molar-refractivity contribution in [2.24, 2.45) is 4.99 Å². The Labute approximate surface area is 290 Å². The number of ether oxygens (including phenoxy) is 1. The van der Waals surface area contributed by atoms with E-state index in [1.165, 1.54) is 27.4 Å². The Morgan fingerprint density at radius 2 is 1.92 bits per heavy atom. The van der Waals surface area contributed by atoms with Crippen LogP contribution in [0.5, 0.6) is 0 Å². The molecule has 48 heavy (non-hydrogen) atoms. The lowest BCUT2D eigenvalue weighted by atomic mass is 9.94. The summed E-state index contributed by atoms with van der Waals surface area (Å²) in [5.74, 6) is -2.77. The number of fused-ring (bicyclic) bond motifs is 1. The summed E-state index contributed by atoms with van der Waals surface area (Å²) in [7, 11) is 0. The molecule has 3 heterocycles. The Morgan fingerprint density at radius 3 is 2.65 bits per heavy atom. The van der Waals surface area contributed by atoms with E-state index in [9.17, 15) is 27.6 Å². The molecule has 1 saturated heterocycles. The normalized spacial score (nSPS) is 21.7. The second-order valence-electron chi connectivity index (χ2n) is 13.0. The van der Waals surface area contributed by atoms with E-state index in [0.717, 1.165) is 36.1 Å². The van der Waals surface area contributed by atoms with Crippen LogP contribution in [0.15, 0.2) is 46.9 Å². The monoisotopic (exact) mass is 755 g/mol. The van der Waals surface area contributed by atoms with E-state index in [1.54, 1.807) is 26.1 Å². The maximum Gasteiger partial charge on any atom is 0.471 e. The lowest BCUT2D eigenvalue weighted by molar-refractivity contribution is -0.167. The first-order valence-corrected chi connectivity index (χ1v) is 17.0. The van der Waals surface area contributed by atoms with Gasteiger partial charge in [0.1, 0.15) is 11.6 Å². The number of amides is 3. The van der Waals surface area contributed by atoms with Gasteiger partial charge in [-0.1, -0.05) is 33.6 Å². The third kappa shape index (κ3) is 8.58. The Morgan fingerprint density at radius 1 is 1.15 bits per heavy atom. The van der Waals surface area contributed by atoms with Crippen molar-refractivity contribution in [1.82, 2.24) is 24.7 Å². The van der Waals surface area contributed by atoms with Crippen LogP contribution < -0.4 is 10.6 Å². The van der Waals surface area contributed by atoms with Gasteiger partial charge >= 0.3 is 18.2 Å². The number of halogens is 5. The van der Waals surface area contributed by atoms with E-state index in [-0.39, 0.29) is 43.0 Å². The summed E-state index contributed by atoms with van der Waals surface area (Å²) in [6, 6.07) is 4.71. The molecule has 5 rings (SSSR count). The molecule has 2 N–H and O–H groups in total. The lowest BCUT2D eigenvalue weighted by Gasteiger charge is -2.44. The number of aryl methyl sites for hydroxylation is 2. The fourth-order valence-electron chi connectivity index (χ4n) is 6.17.